The summed E-state index contributed by atoms with van der Waals surface area (Å²) in [5, 5.41) is 24.7. The smallest absolute Gasteiger partial charge is 0.408 e. The number of alkyl carbamates (subject to hydrolysis) is 1. The normalized spacial score (nSPS) is 18.8. The Hall–Kier alpha value is -3.81. The summed E-state index contributed by atoms with van der Waals surface area (Å²) in [6.45, 7) is 15.3. The van der Waals surface area contributed by atoms with E-state index in [4.69, 9.17) is 9.47 Å². The molecule has 2 heterocycles. The van der Waals surface area contributed by atoms with Crippen LogP contribution in [0.15, 0.2) is 18.2 Å². The molecule has 0 aliphatic carbocycles. The number of carbonyl (C=O) groups excluding carboxylic acids is 3. The molecule has 2 N–H and O–H groups in total. The second kappa shape index (κ2) is 15.3. The van der Waals surface area contributed by atoms with Crippen molar-refractivity contribution in [2.75, 3.05) is 26.2 Å². The number of rotatable bonds is 9. The molecule has 3 atom stereocenters. The number of likely N-dealkylation sites (tertiary alicyclic amines) is 2. The van der Waals surface area contributed by atoms with Crippen LogP contribution in [0.3, 0.4) is 0 Å². The number of ether oxygens (including phenoxy) is 2. The fraction of sp³-hybridized carbons (Fsp3) is 0.667. The summed E-state index contributed by atoms with van der Waals surface area (Å²) in [7, 11) is 0. The summed E-state index contributed by atoms with van der Waals surface area (Å²) in [6, 6.07) is 5.90. The lowest BCUT2D eigenvalue weighted by molar-refractivity contribution is -0.133. The van der Waals surface area contributed by atoms with Crippen molar-refractivity contribution in [3.05, 3.63) is 34.7 Å². The van der Waals surface area contributed by atoms with Crippen molar-refractivity contribution in [1.29, 1.82) is 5.26 Å². The lowest BCUT2D eigenvalue weighted by atomic mass is 9.84. The van der Waals surface area contributed by atoms with Gasteiger partial charge in [0.2, 0.25) is 6.03 Å². The molecular weight excluding hydrogens is 560 g/mol. The van der Waals surface area contributed by atoms with Crippen molar-refractivity contribution in [3.8, 4) is 11.8 Å². The van der Waals surface area contributed by atoms with Gasteiger partial charge in [-0.1, -0.05) is 32.7 Å². The summed E-state index contributed by atoms with van der Waals surface area (Å²) in [5.74, 6) is 1.09. The molecule has 1 aromatic carbocycles. The Morgan fingerprint density at radius 3 is 2.39 bits per heavy atom. The van der Waals surface area contributed by atoms with Gasteiger partial charge in [0.1, 0.15) is 23.4 Å². The third-order valence-electron chi connectivity index (χ3n) is 8.40. The van der Waals surface area contributed by atoms with E-state index in [9.17, 15) is 25.1 Å². The molecular formula is C33H49N6O5-. The van der Waals surface area contributed by atoms with Crippen LogP contribution in [0.4, 0.5) is 9.59 Å². The first-order valence-corrected chi connectivity index (χ1v) is 15.7. The molecule has 0 aromatic heterocycles. The molecule has 3 rings (SSSR count). The van der Waals surface area contributed by atoms with Gasteiger partial charge in [0.15, 0.2) is 0 Å². The van der Waals surface area contributed by atoms with Crippen LogP contribution in [0.1, 0.15) is 90.8 Å². The summed E-state index contributed by atoms with van der Waals surface area (Å²) in [6.07, 6.45) is 3.30. The standard InChI is InChI=1S/C33H49N6O5/c1-21(2)29(35)37-31(41)38-16-12-24(13-17-38)22(3)14-18-43-26-10-11-27(23(4)19-26)28(36-32(42)44-33(5,6)7)30(40)39-15-8-9-25(39)20-34/h10-11,19,21-22,24-25,28H,8-9,12-18H2,1-7H3,(H2-,35,36,37,41,42)/q-1/t22-,25+,28?/m1/s1. The van der Waals surface area contributed by atoms with E-state index in [2.05, 4.69) is 23.6 Å². The van der Waals surface area contributed by atoms with Crippen LogP contribution in [0.25, 0.3) is 5.41 Å². The van der Waals surface area contributed by atoms with Crippen LogP contribution in [0.2, 0.25) is 0 Å². The maximum Gasteiger partial charge on any atom is 0.408 e. The van der Waals surface area contributed by atoms with Gasteiger partial charge in [-0.2, -0.15) is 5.26 Å². The molecule has 0 bridgehead atoms. The van der Waals surface area contributed by atoms with Gasteiger partial charge < -0.3 is 35.3 Å². The number of benzene rings is 1. The molecule has 0 radical (unpaired) electrons. The Balaban J connectivity index is 1.58. The highest BCUT2D eigenvalue weighted by Gasteiger charge is 2.36. The third kappa shape index (κ3) is 9.60. The van der Waals surface area contributed by atoms with Crippen LogP contribution in [-0.4, -0.2) is 71.6 Å². The molecule has 1 unspecified atom stereocenters. The third-order valence-corrected chi connectivity index (χ3v) is 8.40. The highest BCUT2D eigenvalue weighted by atomic mass is 16.6. The number of nitriles is 1. The highest BCUT2D eigenvalue weighted by molar-refractivity contribution is 6.00. The second-order valence-corrected chi connectivity index (χ2v) is 13.3. The number of amidine groups is 1. The zero-order valence-electron chi connectivity index (χ0n) is 27.3. The molecule has 4 amide bonds. The predicted molar refractivity (Wildman–Crippen MR) is 169 cm³/mol. The lowest BCUT2D eigenvalue weighted by Gasteiger charge is -2.37. The van der Waals surface area contributed by atoms with Crippen LogP contribution < -0.4 is 15.4 Å². The zero-order valence-corrected chi connectivity index (χ0v) is 27.3. The first kappa shape index (κ1) is 34.7. The number of nitrogens with zero attached hydrogens (tertiary/aromatic N) is 4. The number of nitrogens with one attached hydrogen (secondary N) is 2. The average Bonchev–Trinajstić information content (AvgIpc) is 3.44. The molecule has 2 saturated heterocycles. The Kier molecular flexibility index (Phi) is 12.0. The number of hydrogen-bond donors (Lipinski definition) is 2. The quantitative estimate of drug-likeness (QED) is 0.278. The Morgan fingerprint density at radius 1 is 1.11 bits per heavy atom. The van der Waals surface area contributed by atoms with Crippen LogP contribution >= 0.6 is 0 Å². The molecule has 44 heavy (non-hydrogen) atoms. The maximum atomic E-state index is 13.6. The van der Waals surface area contributed by atoms with E-state index < -0.39 is 23.8 Å². The van der Waals surface area contributed by atoms with Crippen molar-refractivity contribution >= 4 is 23.9 Å². The molecule has 11 heteroatoms. The molecule has 242 valence electrons. The minimum atomic E-state index is -0.993. The molecule has 2 fully saturated rings. The van der Waals surface area contributed by atoms with Gasteiger partial charge >= 0.3 is 6.09 Å². The van der Waals surface area contributed by atoms with Crippen molar-refractivity contribution < 1.29 is 23.9 Å². The predicted octanol–water partition coefficient (Wildman–Crippen LogP) is 5.53. The molecule has 1 aromatic rings. The summed E-state index contributed by atoms with van der Waals surface area (Å²) in [4.78, 5) is 42.0. The van der Waals surface area contributed by atoms with Gasteiger partial charge in [0.05, 0.1) is 12.7 Å². The van der Waals surface area contributed by atoms with E-state index in [0.29, 0.717) is 55.8 Å². The monoisotopic (exact) mass is 609 g/mol. The van der Waals surface area contributed by atoms with Gasteiger partial charge in [-0.15, -0.1) is 0 Å². The molecule has 0 spiro atoms. The van der Waals surface area contributed by atoms with Crippen LogP contribution in [-0.2, 0) is 9.53 Å². The number of carbonyl (C=O) groups is 3. The molecule has 0 saturated carbocycles. The first-order valence-electron chi connectivity index (χ1n) is 15.7. The first-order chi connectivity index (χ1) is 20.7. The van der Waals surface area contributed by atoms with E-state index in [0.717, 1.165) is 31.2 Å². The van der Waals surface area contributed by atoms with E-state index in [1.807, 2.05) is 26.8 Å². The Bertz CT molecular complexity index is 1230. The Labute approximate surface area is 262 Å². The number of hydrogen-bond acceptors (Lipinski definition) is 6. The van der Waals surface area contributed by atoms with E-state index in [1.54, 1.807) is 37.8 Å². The zero-order chi connectivity index (χ0) is 32.6. The summed E-state index contributed by atoms with van der Waals surface area (Å²) < 4.78 is 11.5. The van der Waals surface area contributed by atoms with Crippen LogP contribution in [0, 0.1) is 36.0 Å². The van der Waals surface area contributed by atoms with Gasteiger partial charge in [-0.05, 0) is 101 Å². The van der Waals surface area contributed by atoms with Crippen molar-refractivity contribution in [2.45, 2.75) is 98.3 Å². The van der Waals surface area contributed by atoms with Gasteiger partial charge in [-0.3, -0.25) is 9.59 Å². The number of aryl methyl sites for hydroxylation is 1. The van der Waals surface area contributed by atoms with E-state index in [-0.39, 0.29) is 23.7 Å². The van der Waals surface area contributed by atoms with Gasteiger partial charge in [-0.25, -0.2) is 4.79 Å². The molecule has 11 nitrogen and oxygen atoms in total. The average molecular weight is 610 g/mol. The maximum absolute atomic E-state index is 13.6. The fourth-order valence-corrected chi connectivity index (χ4v) is 5.69. The summed E-state index contributed by atoms with van der Waals surface area (Å²) >= 11 is 0. The fourth-order valence-electron chi connectivity index (χ4n) is 5.69. The number of piperidine rings is 1. The second-order valence-electron chi connectivity index (χ2n) is 13.3. The molecule has 2 aliphatic rings. The van der Waals surface area contributed by atoms with Crippen molar-refractivity contribution in [3.63, 3.8) is 0 Å². The number of urea groups is 1. The van der Waals surface area contributed by atoms with E-state index in [1.165, 1.54) is 4.90 Å². The van der Waals surface area contributed by atoms with Gasteiger partial charge in [0.25, 0.3) is 5.91 Å². The lowest BCUT2D eigenvalue weighted by Crippen LogP contribution is -2.47. The highest BCUT2D eigenvalue weighted by Crippen LogP contribution is 2.30. The summed E-state index contributed by atoms with van der Waals surface area (Å²) in [5.41, 5.74) is 0.677. The number of amides is 4. The van der Waals surface area contributed by atoms with E-state index >= 15 is 0 Å². The minimum Gasteiger partial charge on any atom is -0.494 e. The van der Waals surface area contributed by atoms with Crippen molar-refractivity contribution in [2.24, 2.45) is 17.8 Å². The SMILES string of the molecule is Cc1cc(OCC[C@@H](C)C2CCN(C(=O)NC(=[N-])C(C)C)CC2)ccc1C(NC(=O)OC(C)(C)C)C(=O)N1CCC[C@H]1C#N. The topological polar surface area (TPSA) is 146 Å². The van der Waals surface area contributed by atoms with Gasteiger partial charge in [0, 0.05) is 19.6 Å². The molecule has 2 aliphatic heterocycles. The Morgan fingerprint density at radius 2 is 1.80 bits per heavy atom. The van der Waals surface area contributed by atoms with Crippen molar-refractivity contribution in [1.82, 2.24) is 20.4 Å². The van der Waals surface area contributed by atoms with Crippen LogP contribution in [0.5, 0.6) is 5.75 Å². The minimum absolute atomic E-state index is 0.00781. The largest absolute Gasteiger partial charge is 0.494 e.